The highest BCUT2D eigenvalue weighted by molar-refractivity contribution is 5.91. The third-order valence-corrected chi connectivity index (χ3v) is 7.96. The molecular formula is C26H31N3O2. The number of hydrogen-bond acceptors (Lipinski definition) is 3. The second kappa shape index (κ2) is 6.73. The molecule has 5 heterocycles. The summed E-state index contributed by atoms with van der Waals surface area (Å²) in [6.45, 7) is 8.90. The van der Waals surface area contributed by atoms with Crippen molar-refractivity contribution >= 4 is 16.8 Å². The minimum Gasteiger partial charge on any atom is -0.464 e. The van der Waals surface area contributed by atoms with E-state index in [0.717, 1.165) is 43.9 Å². The lowest BCUT2D eigenvalue weighted by molar-refractivity contribution is -0.137. The molecule has 0 radical (unpaired) electrons. The van der Waals surface area contributed by atoms with Gasteiger partial charge in [0.2, 0.25) is 5.91 Å². The Morgan fingerprint density at radius 2 is 2.03 bits per heavy atom. The van der Waals surface area contributed by atoms with Gasteiger partial charge in [0, 0.05) is 41.6 Å². The maximum atomic E-state index is 13.8. The van der Waals surface area contributed by atoms with Gasteiger partial charge >= 0.3 is 0 Å². The molecule has 1 spiro atoms. The van der Waals surface area contributed by atoms with E-state index in [1.807, 2.05) is 19.1 Å². The SMILES string of the molecule is Cc1ccc(CN2C[C@@H]3C[C@@H](c4cn(C(C)C)c5ccccc45)N4CCC[C@@]34C2=O)o1. The van der Waals surface area contributed by atoms with Crippen molar-refractivity contribution in [2.24, 2.45) is 5.92 Å². The molecule has 0 saturated carbocycles. The standard InChI is InChI=1S/C26H31N3O2/c1-17(2)28-16-22(21-7-4-5-8-23(21)28)24-13-19-14-27(15-20-10-9-18(3)31-20)25(30)26(19)11-6-12-29(24)26/h4-5,7-10,16-17,19,24H,6,11-15H2,1-3H3/t19-,24-,26-/m0/s1. The summed E-state index contributed by atoms with van der Waals surface area (Å²) in [6, 6.07) is 13.5. The summed E-state index contributed by atoms with van der Waals surface area (Å²) in [4.78, 5) is 18.4. The highest BCUT2D eigenvalue weighted by Crippen LogP contribution is 2.57. The summed E-state index contributed by atoms with van der Waals surface area (Å²) in [6.07, 6.45) is 5.52. The zero-order valence-corrected chi connectivity index (χ0v) is 18.7. The molecule has 0 bridgehead atoms. The molecule has 5 nitrogen and oxygen atoms in total. The Morgan fingerprint density at radius 1 is 1.19 bits per heavy atom. The number of carbonyl (C=O) groups excluding carboxylic acids is 1. The summed E-state index contributed by atoms with van der Waals surface area (Å²) < 4.78 is 8.18. The summed E-state index contributed by atoms with van der Waals surface area (Å²) in [5.41, 5.74) is 2.40. The second-order valence-electron chi connectivity index (χ2n) is 9.97. The molecule has 1 aromatic carbocycles. The van der Waals surface area contributed by atoms with Crippen molar-refractivity contribution in [3.05, 3.63) is 59.7 Å². The van der Waals surface area contributed by atoms with Crippen molar-refractivity contribution in [1.29, 1.82) is 0 Å². The highest BCUT2D eigenvalue weighted by atomic mass is 16.3. The molecule has 162 valence electrons. The fourth-order valence-corrected chi connectivity index (χ4v) is 6.69. The summed E-state index contributed by atoms with van der Waals surface area (Å²) in [7, 11) is 0. The van der Waals surface area contributed by atoms with Gasteiger partial charge in [0.25, 0.3) is 0 Å². The molecule has 3 saturated heterocycles. The maximum Gasteiger partial charge on any atom is 0.243 e. The molecule has 3 fully saturated rings. The van der Waals surface area contributed by atoms with Crippen LogP contribution in [-0.4, -0.2) is 38.9 Å². The van der Waals surface area contributed by atoms with Gasteiger partial charge in [-0.15, -0.1) is 0 Å². The van der Waals surface area contributed by atoms with Crippen molar-refractivity contribution in [1.82, 2.24) is 14.4 Å². The van der Waals surface area contributed by atoms with Crippen LogP contribution in [0.2, 0.25) is 0 Å². The molecule has 1 amide bonds. The van der Waals surface area contributed by atoms with E-state index in [1.54, 1.807) is 0 Å². The predicted molar refractivity (Wildman–Crippen MR) is 121 cm³/mol. The summed E-state index contributed by atoms with van der Waals surface area (Å²) in [5.74, 6) is 2.51. The number of para-hydroxylation sites is 1. The minimum atomic E-state index is -0.312. The Bertz CT molecular complexity index is 1160. The number of likely N-dealkylation sites (tertiary alicyclic amines) is 1. The Morgan fingerprint density at radius 3 is 2.81 bits per heavy atom. The van der Waals surface area contributed by atoms with Gasteiger partial charge in [0.1, 0.15) is 17.1 Å². The Kier molecular flexibility index (Phi) is 4.16. The lowest BCUT2D eigenvalue weighted by atomic mass is 9.85. The van der Waals surface area contributed by atoms with Gasteiger partial charge in [0.05, 0.1) is 6.54 Å². The van der Waals surface area contributed by atoms with Crippen LogP contribution in [0.25, 0.3) is 10.9 Å². The van der Waals surface area contributed by atoms with Crippen molar-refractivity contribution in [3.8, 4) is 0 Å². The lowest BCUT2D eigenvalue weighted by Gasteiger charge is -2.33. The van der Waals surface area contributed by atoms with E-state index < -0.39 is 0 Å². The lowest BCUT2D eigenvalue weighted by Crippen LogP contribution is -2.49. The number of benzene rings is 1. The minimum absolute atomic E-state index is 0.312. The number of aromatic nitrogens is 1. The van der Waals surface area contributed by atoms with Crippen molar-refractivity contribution in [2.45, 2.75) is 64.2 Å². The average molecular weight is 418 g/mol. The molecule has 3 aliphatic rings. The number of hydrogen-bond donors (Lipinski definition) is 0. The molecule has 6 rings (SSSR count). The molecule has 2 aromatic heterocycles. The number of amides is 1. The van der Waals surface area contributed by atoms with Gasteiger partial charge in [-0.2, -0.15) is 0 Å². The van der Waals surface area contributed by atoms with Crippen LogP contribution in [0.15, 0.2) is 47.0 Å². The first-order valence-electron chi connectivity index (χ1n) is 11.7. The van der Waals surface area contributed by atoms with Crippen molar-refractivity contribution in [3.63, 3.8) is 0 Å². The van der Waals surface area contributed by atoms with Gasteiger partial charge < -0.3 is 13.9 Å². The maximum absolute atomic E-state index is 13.8. The van der Waals surface area contributed by atoms with E-state index in [0.29, 0.717) is 30.5 Å². The Labute approximate surface area is 183 Å². The smallest absolute Gasteiger partial charge is 0.243 e. The molecule has 0 N–H and O–H groups in total. The normalized spacial score (nSPS) is 28.3. The van der Waals surface area contributed by atoms with Gasteiger partial charge in [-0.05, 0) is 70.3 Å². The molecule has 3 aliphatic heterocycles. The van der Waals surface area contributed by atoms with E-state index in [4.69, 9.17) is 4.42 Å². The molecule has 5 heteroatoms. The van der Waals surface area contributed by atoms with Crippen LogP contribution in [0.1, 0.15) is 62.3 Å². The first-order valence-corrected chi connectivity index (χ1v) is 11.7. The average Bonchev–Trinajstić information content (AvgIpc) is 3.52. The largest absolute Gasteiger partial charge is 0.464 e. The monoisotopic (exact) mass is 417 g/mol. The molecular weight excluding hydrogens is 386 g/mol. The van der Waals surface area contributed by atoms with Gasteiger partial charge in [-0.3, -0.25) is 9.69 Å². The van der Waals surface area contributed by atoms with Gasteiger partial charge in [-0.25, -0.2) is 0 Å². The molecule has 3 atom stereocenters. The van der Waals surface area contributed by atoms with E-state index in [1.165, 1.54) is 16.5 Å². The van der Waals surface area contributed by atoms with Crippen LogP contribution in [-0.2, 0) is 11.3 Å². The fourth-order valence-electron chi connectivity index (χ4n) is 6.69. The van der Waals surface area contributed by atoms with Crippen LogP contribution in [0.3, 0.4) is 0 Å². The number of nitrogens with zero attached hydrogens (tertiary/aromatic N) is 3. The molecule has 0 aliphatic carbocycles. The fraction of sp³-hybridized carbons (Fsp3) is 0.500. The molecule has 31 heavy (non-hydrogen) atoms. The van der Waals surface area contributed by atoms with Gasteiger partial charge in [0.15, 0.2) is 0 Å². The van der Waals surface area contributed by atoms with Gasteiger partial charge in [-0.1, -0.05) is 18.2 Å². The van der Waals surface area contributed by atoms with E-state index in [-0.39, 0.29) is 5.54 Å². The first-order chi connectivity index (χ1) is 15.0. The number of aryl methyl sites for hydroxylation is 1. The quantitative estimate of drug-likeness (QED) is 0.596. The third kappa shape index (κ3) is 2.62. The third-order valence-electron chi connectivity index (χ3n) is 7.96. The van der Waals surface area contributed by atoms with E-state index in [2.05, 4.69) is 58.7 Å². The molecule has 0 unspecified atom stereocenters. The zero-order chi connectivity index (χ0) is 21.3. The Hall–Kier alpha value is -2.53. The number of furan rings is 1. The second-order valence-corrected chi connectivity index (χ2v) is 9.97. The van der Waals surface area contributed by atoms with Crippen LogP contribution >= 0.6 is 0 Å². The molecule has 3 aromatic rings. The zero-order valence-electron chi connectivity index (χ0n) is 18.7. The van der Waals surface area contributed by atoms with Crippen LogP contribution < -0.4 is 0 Å². The Balaban J connectivity index is 1.36. The number of fused-ring (bicyclic) bond motifs is 1. The van der Waals surface area contributed by atoms with Crippen LogP contribution in [0.4, 0.5) is 0 Å². The topological polar surface area (TPSA) is 41.6 Å². The summed E-state index contributed by atoms with van der Waals surface area (Å²) >= 11 is 0. The predicted octanol–water partition coefficient (Wildman–Crippen LogP) is 5.06. The van der Waals surface area contributed by atoms with E-state index in [9.17, 15) is 4.79 Å². The first kappa shape index (κ1) is 19.2. The number of carbonyl (C=O) groups is 1. The summed E-state index contributed by atoms with van der Waals surface area (Å²) in [5, 5.41) is 1.35. The van der Waals surface area contributed by atoms with Crippen LogP contribution in [0.5, 0.6) is 0 Å². The van der Waals surface area contributed by atoms with E-state index >= 15 is 0 Å². The number of rotatable bonds is 4. The van der Waals surface area contributed by atoms with Crippen LogP contribution in [0, 0.1) is 12.8 Å². The van der Waals surface area contributed by atoms with Crippen molar-refractivity contribution < 1.29 is 9.21 Å². The van der Waals surface area contributed by atoms with Crippen molar-refractivity contribution in [2.75, 3.05) is 13.1 Å². The highest BCUT2D eigenvalue weighted by Gasteiger charge is 2.65.